The molecule has 1 amide bonds. The van der Waals surface area contributed by atoms with Crippen LogP contribution in [-0.4, -0.2) is 23.8 Å². The SMILES string of the molecule is CSc1nc(-c2ccccc2)c(NC(=O)COc2ccccc2)s1. The number of carbonyl (C=O) groups is 1. The number of thiazole rings is 1. The molecule has 2 aromatic carbocycles. The zero-order valence-corrected chi connectivity index (χ0v) is 14.7. The van der Waals surface area contributed by atoms with Gasteiger partial charge in [-0.1, -0.05) is 71.6 Å². The summed E-state index contributed by atoms with van der Waals surface area (Å²) in [6.07, 6.45) is 1.97. The third kappa shape index (κ3) is 4.15. The van der Waals surface area contributed by atoms with Crippen molar-refractivity contribution >= 4 is 34.0 Å². The molecule has 0 aliphatic heterocycles. The van der Waals surface area contributed by atoms with Crippen LogP contribution in [0, 0.1) is 0 Å². The molecule has 0 saturated carbocycles. The summed E-state index contributed by atoms with van der Waals surface area (Å²) < 4.78 is 6.40. The number of thioether (sulfide) groups is 1. The number of rotatable bonds is 6. The largest absolute Gasteiger partial charge is 0.484 e. The summed E-state index contributed by atoms with van der Waals surface area (Å²) in [5, 5.41) is 3.66. The Bertz CT molecular complexity index is 804. The molecular weight excluding hydrogens is 340 g/mol. The molecule has 0 aliphatic rings. The third-order valence-corrected chi connectivity index (χ3v) is 5.15. The van der Waals surface area contributed by atoms with E-state index in [1.165, 1.54) is 11.3 Å². The van der Waals surface area contributed by atoms with Crippen LogP contribution in [0.25, 0.3) is 11.3 Å². The van der Waals surface area contributed by atoms with Gasteiger partial charge in [-0.25, -0.2) is 4.98 Å². The molecule has 0 bridgehead atoms. The van der Waals surface area contributed by atoms with Crippen molar-refractivity contribution in [2.45, 2.75) is 4.34 Å². The van der Waals surface area contributed by atoms with E-state index in [9.17, 15) is 4.79 Å². The summed E-state index contributed by atoms with van der Waals surface area (Å²) in [7, 11) is 0. The maximum Gasteiger partial charge on any atom is 0.262 e. The fourth-order valence-corrected chi connectivity index (χ4v) is 3.60. The Morgan fingerprint density at radius 1 is 1.12 bits per heavy atom. The molecule has 0 fully saturated rings. The molecule has 0 saturated heterocycles. The van der Waals surface area contributed by atoms with E-state index >= 15 is 0 Å². The molecule has 1 N–H and O–H groups in total. The smallest absolute Gasteiger partial charge is 0.262 e. The van der Waals surface area contributed by atoms with Crippen molar-refractivity contribution in [2.24, 2.45) is 0 Å². The zero-order valence-electron chi connectivity index (χ0n) is 13.1. The lowest BCUT2D eigenvalue weighted by atomic mass is 10.2. The van der Waals surface area contributed by atoms with Crippen LogP contribution in [0.2, 0.25) is 0 Å². The van der Waals surface area contributed by atoms with Crippen LogP contribution in [0.3, 0.4) is 0 Å². The molecule has 4 nitrogen and oxygen atoms in total. The van der Waals surface area contributed by atoms with Crippen LogP contribution in [0.15, 0.2) is 65.0 Å². The van der Waals surface area contributed by atoms with Crippen molar-refractivity contribution in [1.29, 1.82) is 0 Å². The summed E-state index contributed by atoms with van der Waals surface area (Å²) in [5.74, 6) is 0.470. The van der Waals surface area contributed by atoms with Crippen molar-refractivity contribution in [3.8, 4) is 17.0 Å². The van der Waals surface area contributed by atoms with Gasteiger partial charge in [0.1, 0.15) is 16.4 Å². The number of nitrogens with one attached hydrogen (secondary N) is 1. The third-order valence-electron chi connectivity index (χ3n) is 3.20. The first-order valence-electron chi connectivity index (χ1n) is 7.34. The highest BCUT2D eigenvalue weighted by Crippen LogP contribution is 2.36. The van der Waals surface area contributed by atoms with Crippen molar-refractivity contribution in [1.82, 2.24) is 4.98 Å². The molecule has 1 heterocycles. The number of anilines is 1. The minimum Gasteiger partial charge on any atom is -0.484 e. The Hall–Kier alpha value is -2.31. The van der Waals surface area contributed by atoms with Gasteiger partial charge in [0.05, 0.1) is 0 Å². The number of amides is 1. The lowest BCUT2D eigenvalue weighted by Gasteiger charge is -2.07. The first-order chi connectivity index (χ1) is 11.8. The van der Waals surface area contributed by atoms with Gasteiger partial charge in [-0.05, 0) is 18.4 Å². The summed E-state index contributed by atoms with van der Waals surface area (Å²) in [6.45, 7) is -0.0370. The van der Waals surface area contributed by atoms with E-state index in [1.54, 1.807) is 11.8 Å². The summed E-state index contributed by atoms with van der Waals surface area (Å²) in [4.78, 5) is 16.8. The number of nitrogens with zero attached hydrogens (tertiary/aromatic N) is 1. The summed E-state index contributed by atoms with van der Waals surface area (Å²) in [5.41, 5.74) is 1.77. The minimum atomic E-state index is -0.202. The van der Waals surface area contributed by atoms with Gasteiger partial charge in [-0.3, -0.25) is 4.79 Å². The first kappa shape index (κ1) is 16.5. The lowest BCUT2D eigenvalue weighted by molar-refractivity contribution is -0.118. The van der Waals surface area contributed by atoms with E-state index in [-0.39, 0.29) is 12.5 Å². The number of hydrogen-bond acceptors (Lipinski definition) is 5. The van der Waals surface area contributed by atoms with Crippen LogP contribution in [0.5, 0.6) is 5.75 Å². The Morgan fingerprint density at radius 2 is 1.79 bits per heavy atom. The molecule has 1 aromatic heterocycles. The Morgan fingerprint density at radius 3 is 2.46 bits per heavy atom. The average molecular weight is 356 g/mol. The molecule has 24 heavy (non-hydrogen) atoms. The predicted octanol–water partition coefficient (Wildman–Crippen LogP) is 4.55. The molecule has 0 aliphatic carbocycles. The van der Waals surface area contributed by atoms with Crippen molar-refractivity contribution < 1.29 is 9.53 Å². The number of carbonyl (C=O) groups excluding carboxylic acids is 1. The monoisotopic (exact) mass is 356 g/mol. The lowest BCUT2D eigenvalue weighted by Crippen LogP contribution is -2.19. The van der Waals surface area contributed by atoms with E-state index in [4.69, 9.17) is 4.74 Å². The second-order valence-corrected chi connectivity index (χ2v) is 6.93. The number of ether oxygens (including phenoxy) is 1. The maximum absolute atomic E-state index is 12.2. The summed E-state index contributed by atoms with van der Waals surface area (Å²) in [6, 6.07) is 19.1. The van der Waals surface area contributed by atoms with Gasteiger partial charge >= 0.3 is 0 Å². The number of benzene rings is 2. The molecule has 0 radical (unpaired) electrons. The van der Waals surface area contributed by atoms with Crippen molar-refractivity contribution in [3.63, 3.8) is 0 Å². The van der Waals surface area contributed by atoms with E-state index in [0.29, 0.717) is 5.75 Å². The highest BCUT2D eigenvalue weighted by atomic mass is 32.2. The van der Waals surface area contributed by atoms with Crippen LogP contribution in [0.4, 0.5) is 5.00 Å². The topological polar surface area (TPSA) is 51.2 Å². The Balaban J connectivity index is 1.72. The normalized spacial score (nSPS) is 10.4. The van der Waals surface area contributed by atoms with Gasteiger partial charge in [0.25, 0.3) is 5.91 Å². The van der Waals surface area contributed by atoms with Crippen LogP contribution >= 0.6 is 23.1 Å². The van der Waals surface area contributed by atoms with Gasteiger partial charge in [0, 0.05) is 5.56 Å². The second-order valence-electron chi connectivity index (χ2n) is 4.88. The minimum absolute atomic E-state index is 0.0370. The Labute approximate surface area is 148 Å². The quantitative estimate of drug-likeness (QED) is 0.658. The van der Waals surface area contributed by atoms with E-state index < -0.39 is 0 Å². The first-order valence-corrected chi connectivity index (χ1v) is 9.38. The standard InChI is InChI=1S/C18H16N2O2S2/c1-23-18-20-16(13-8-4-2-5-9-13)17(24-18)19-15(21)12-22-14-10-6-3-7-11-14/h2-11H,12H2,1H3,(H,19,21). The fraction of sp³-hybridized carbons (Fsp3) is 0.111. The van der Waals surface area contributed by atoms with Crippen LogP contribution in [0.1, 0.15) is 0 Å². The van der Waals surface area contributed by atoms with E-state index in [1.807, 2.05) is 66.9 Å². The molecule has 122 valence electrons. The molecular formula is C18H16N2O2S2. The number of para-hydroxylation sites is 1. The summed E-state index contributed by atoms with van der Waals surface area (Å²) >= 11 is 3.03. The number of hydrogen-bond donors (Lipinski definition) is 1. The second kappa shape index (κ2) is 7.99. The van der Waals surface area contributed by atoms with E-state index in [0.717, 1.165) is 20.6 Å². The molecule has 0 unspecified atom stereocenters. The van der Waals surface area contributed by atoms with Crippen molar-refractivity contribution in [3.05, 3.63) is 60.7 Å². The van der Waals surface area contributed by atoms with Crippen LogP contribution in [-0.2, 0) is 4.79 Å². The Kier molecular flexibility index (Phi) is 5.51. The predicted molar refractivity (Wildman–Crippen MR) is 99.9 cm³/mol. The maximum atomic E-state index is 12.2. The van der Waals surface area contributed by atoms with Gasteiger partial charge in [0.15, 0.2) is 10.9 Å². The number of aromatic nitrogens is 1. The molecule has 6 heteroatoms. The molecule has 0 atom stereocenters. The van der Waals surface area contributed by atoms with Gasteiger partial charge in [-0.2, -0.15) is 0 Å². The van der Waals surface area contributed by atoms with Gasteiger partial charge in [0.2, 0.25) is 0 Å². The highest BCUT2D eigenvalue weighted by Gasteiger charge is 2.15. The average Bonchev–Trinajstić information content (AvgIpc) is 3.04. The molecule has 3 aromatic rings. The fourth-order valence-electron chi connectivity index (χ4n) is 2.09. The van der Waals surface area contributed by atoms with E-state index in [2.05, 4.69) is 10.3 Å². The van der Waals surface area contributed by atoms with Gasteiger partial charge < -0.3 is 10.1 Å². The highest BCUT2D eigenvalue weighted by molar-refractivity contribution is 8.00. The molecule has 3 rings (SSSR count). The van der Waals surface area contributed by atoms with Crippen LogP contribution < -0.4 is 10.1 Å². The van der Waals surface area contributed by atoms with Crippen molar-refractivity contribution in [2.75, 3.05) is 18.2 Å². The molecule has 0 spiro atoms. The zero-order chi connectivity index (χ0) is 16.8. The van der Waals surface area contributed by atoms with Gasteiger partial charge in [-0.15, -0.1) is 0 Å².